The Morgan fingerprint density at radius 3 is 2.60 bits per heavy atom. The van der Waals surface area contributed by atoms with Gasteiger partial charge in [0.15, 0.2) is 0 Å². The summed E-state index contributed by atoms with van der Waals surface area (Å²) in [7, 11) is 0. The fraction of sp³-hybridized carbons (Fsp3) is 0.368. The quantitative estimate of drug-likeness (QED) is 0.604. The second kappa shape index (κ2) is 3.68. The lowest BCUT2D eigenvalue weighted by molar-refractivity contribution is 0.327. The van der Waals surface area contributed by atoms with Crippen molar-refractivity contribution >= 4 is 11.6 Å². The number of fused-ring (bicyclic) bond motifs is 8. The third-order valence-electron chi connectivity index (χ3n) is 6.01. The zero-order valence-corrected chi connectivity index (χ0v) is 12.2. The van der Waals surface area contributed by atoms with E-state index in [1.807, 2.05) is 6.07 Å². The Morgan fingerprint density at radius 2 is 1.80 bits per heavy atom. The monoisotopic (exact) mass is 280 g/mol. The Balaban J connectivity index is 1.86. The van der Waals surface area contributed by atoms with Gasteiger partial charge in [0.2, 0.25) is 0 Å². The summed E-state index contributed by atoms with van der Waals surface area (Å²) in [6, 6.07) is 15.6. The van der Waals surface area contributed by atoms with E-state index < -0.39 is 0 Å². The fourth-order valence-corrected chi connectivity index (χ4v) is 5.53. The van der Waals surface area contributed by atoms with Crippen LogP contribution in [0.1, 0.15) is 36.8 Å². The predicted molar refractivity (Wildman–Crippen MR) is 83.1 cm³/mol. The van der Waals surface area contributed by atoms with Crippen molar-refractivity contribution in [2.45, 2.75) is 31.1 Å². The molecular weight excluding hydrogens is 264 g/mol. The highest BCUT2D eigenvalue weighted by atomic mass is 35.5. The zero-order chi connectivity index (χ0) is 13.3. The van der Waals surface area contributed by atoms with Crippen molar-refractivity contribution in [2.24, 2.45) is 11.8 Å². The van der Waals surface area contributed by atoms with Crippen molar-refractivity contribution in [1.29, 1.82) is 0 Å². The van der Waals surface area contributed by atoms with Crippen LogP contribution in [0.25, 0.3) is 11.1 Å². The molecule has 5 rings (SSSR count). The molecule has 0 heterocycles. The maximum absolute atomic E-state index is 6.33. The van der Waals surface area contributed by atoms with Crippen molar-refractivity contribution in [1.82, 2.24) is 0 Å². The number of rotatable bonds is 0. The smallest absolute Gasteiger partial charge is 0.0409 e. The van der Waals surface area contributed by atoms with E-state index in [4.69, 9.17) is 11.6 Å². The zero-order valence-electron chi connectivity index (χ0n) is 11.4. The highest BCUT2D eigenvalue weighted by molar-refractivity contribution is 6.30. The average Bonchev–Trinajstić information content (AvgIpc) is 3.14. The first-order valence-corrected chi connectivity index (χ1v) is 8.07. The lowest BCUT2D eigenvalue weighted by Gasteiger charge is -2.36. The number of hydrogen-bond donors (Lipinski definition) is 0. The van der Waals surface area contributed by atoms with Gasteiger partial charge in [0, 0.05) is 10.4 Å². The lowest BCUT2D eigenvalue weighted by Crippen LogP contribution is -2.31. The van der Waals surface area contributed by atoms with E-state index in [9.17, 15) is 0 Å². The van der Waals surface area contributed by atoms with Gasteiger partial charge in [0.25, 0.3) is 0 Å². The number of hydrogen-bond acceptors (Lipinski definition) is 0. The molecule has 2 aromatic rings. The minimum Gasteiger partial charge on any atom is -0.0843 e. The topological polar surface area (TPSA) is 0 Å². The second-order valence-corrected chi connectivity index (χ2v) is 7.22. The fourth-order valence-electron chi connectivity index (χ4n) is 5.36. The van der Waals surface area contributed by atoms with E-state index in [0.717, 1.165) is 16.9 Å². The molecule has 0 aromatic heterocycles. The summed E-state index contributed by atoms with van der Waals surface area (Å²) < 4.78 is 0. The van der Waals surface area contributed by atoms with Crippen LogP contribution in [0.3, 0.4) is 0 Å². The SMILES string of the molecule is Clc1ccc2c(c1)[C@@]1(CC3CCC1C3)c1ccccc1-2. The highest BCUT2D eigenvalue weighted by Gasteiger charge is 2.56. The Morgan fingerprint density at radius 1 is 0.950 bits per heavy atom. The van der Waals surface area contributed by atoms with Gasteiger partial charge in [-0.1, -0.05) is 48.4 Å². The summed E-state index contributed by atoms with van der Waals surface area (Å²) in [6.45, 7) is 0. The first kappa shape index (κ1) is 11.4. The minimum atomic E-state index is 0.278. The van der Waals surface area contributed by atoms with Gasteiger partial charge in [-0.2, -0.15) is 0 Å². The highest BCUT2D eigenvalue weighted by Crippen LogP contribution is 2.65. The molecule has 2 aromatic carbocycles. The van der Waals surface area contributed by atoms with Gasteiger partial charge >= 0.3 is 0 Å². The van der Waals surface area contributed by atoms with Crippen molar-refractivity contribution in [3.05, 3.63) is 58.6 Å². The van der Waals surface area contributed by atoms with E-state index in [1.165, 1.54) is 42.4 Å². The van der Waals surface area contributed by atoms with Crippen LogP contribution >= 0.6 is 11.6 Å². The summed E-state index contributed by atoms with van der Waals surface area (Å²) in [5, 5.41) is 0.888. The minimum absolute atomic E-state index is 0.278. The molecule has 0 N–H and O–H groups in total. The van der Waals surface area contributed by atoms with Crippen LogP contribution in [-0.4, -0.2) is 0 Å². The van der Waals surface area contributed by atoms with E-state index in [-0.39, 0.29) is 5.41 Å². The first-order valence-electron chi connectivity index (χ1n) is 7.69. The van der Waals surface area contributed by atoms with E-state index in [1.54, 1.807) is 5.56 Å². The molecule has 2 fully saturated rings. The third kappa shape index (κ3) is 1.20. The largest absolute Gasteiger partial charge is 0.0843 e. The molecule has 0 radical (unpaired) electrons. The van der Waals surface area contributed by atoms with E-state index in [2.05, 4.69) is 36.4 Å². The van der Waals surface area contributed by atoms with Crippen LogP contribution in [0.4, 0.5) is 0 Å². The molecule has 100 valence electrons. The molecule has 3 aliphatic rings. The Labute approximate surface area is 124 Å². The normalized spacial score (nSPS) is 32.6. The maximum atomic E-state index is 6.33. The third-order valence-corrected chi connectivity index (χ3v) is 6.24. The molecular formula is C19H17Cl. The molecule has 2 unspecified atom stereocenters. The summed E-state index contributed by atoms with van der Waals surface area (Å²) >= 11 is 6.33. The van der Waals surface area contributed by atoms with Gasteiger partial charge in [-0.3, -0.25) is 0 Å². The summed E-state index contributed by atoms with van der Waals surface area (Å²) in [6.07, 6.45) is 5.58. The van der Waals surface area contributed by atoms with Gasteiger partial charge in [-0.15, -0.1) is 0 Å². The summed E-state index contributed by atoms with van der Waals surface area (Å²) in [5.74, 6) is 1.76. The molecule has 1 heteroatoms. The molecule has 0 aliphatic heterocycles. The molecule has 1 spiro atoms. The number of halogens is 1. The van der Waals surface area contributed by atoms with E-state index >= 15 is 0 Å². The molecule has 0 amide bonds. The summed E-state index contributed by atoms with van der Waals surface area (Å²) in [4.78, 5) is 0. The van der Waals surface area contributed by atoms with Crippen LogP contribution in [0, 0.1) is 11.8 Å². The van der Waals surface area contributed by atoms with Gasteiger partial charge < -0.3 is 0 Å². The Bertz CT molecular complexity index is 717. The molecule has 0 saturated heterocycles. The first-order chi connectivity index (χ1) is 9.79. The van der Waals surface area contributed by atoms with Crippen LogP contribution in [0.15, 0.2) is 42.5 Å². The average molecular weight is 281 g/mol. The second-order valence-electron chi connectivity index (χ2n) is 6.79. The van der Waals surface area contributed by atoms with Crippen LogP contribution in [-0.2, 0) is 5.41 Å². The van der Waals surface area contributed by atoms with Crippen LogP contribution in [0.5, 0.6) is 0 Å². The van der Waals surface area contributed by atoms with Gasteiger partial charge in [-0.25, -0.2) is 0 Å². The van der Waals surface area contributed by atoms with Crippen LogP contribution < -0.4 is 0 Å². The molecule has 20 heavy (non-hydrogen) atoms. The number of benzene rings is 2. The summed E-state index contributed by atoms with van der Waals surface area (Å²) in [5.41, 5.74) is 6.24. The van der Waals surface area contributed by atoms with Gasteiger partial charge in [0.1, 0.15) is 0 Å². The molecule has 3 aliphatic carbocycles. The molecule has 2 bridgehead atoms. The Hall–Kier alpha value is -1.27. The molecule has 2 saturated carbocycles. The lowest BCUT2D eigenvalue weighted by atomic mass is 9.67. The van der Waals surface area contributed by atoms with Crippen LogP contribution in [0.2, 0.25) is 5.02 Å². The van der Waals surface area contributed by atoms with Crippen molar-refractivity contribution < 1.29 is 0 Å². The van der Waals surface area contributed by atoms with Crippen molar-refractivity contribution in [3.8, 4) is 11.1 Å². The maximum Gasteiger partial charge on any atom is 0.0409 e. The molecule has 0 nitrogen and oxygen atoms in total. The van der Waals surface area contributed by atoms with Gasteiger partial charge in [0.05, 0.1) is 0 Å². The van der Waals surface area contributed by atoms with Crippen molar-refractivity contribution in [2.75, 3.05) is 0 Å². The standard InChI is InChI=1S/C19H17Cl/c20-14-7-8-16-15-3-1-2-4-17(15)19(18(16)10-14)11-12-5-6-13(19)9-12/h1-4,7-8,10,12-13H,5-6,9,11H2/t12?,13?,19-/m1/s1. The van der Waals surface area contributed by atoms with Crippen molar-refractivity contribution in [3.63, 3.8) is 0 Å². The van der Waals surface area contributed by atoms with E-state index in [0.29, 0.717) is 0 Å². The predicted octanol–water partition coefficient (Wildman–Crippen LogP) is 5.43. The molecule has 3 atom stereocenters. The Kier molecular flexibility index (Phi) is 2.10. The van der Waals surface area contributed by atoms with Gasteiger partial charge in [-0.05, 0) is 65.5 Å².